The van der Waals surface area contributed by atoms with Crippen molar-refractivity contribution in [2.45, 2.75) is 58.5 Å². The summed E-state index contributed by atoms with van der Waals surface area (Å²) in [4.78, 5) is 13.7. The van der Waals surface area contributed by atoms with Gasteiger partial charge >= 0.3 is 0 Å². The van der Waals surface area contributed by atoms with E-state index in [1.54, 1.807) is 4.90 Å². The monoisotopic (exact) mass is 226 g/mol. The Balaban J connectivity index is 2.43. The van der Waals surface area contributed by atoms with Crippen molar-refractivity contribution in [1.82, 2.24) is 10.2 Å². The fourth-order valence-corrected chi connectivity index (χ4v) is 2.44. The molecule has 0 bridgehead atoms. The van der Waals surface area contributed by atoms with Crippen LogP contribution in [0.3, 0.4) is 0 Å². The van der Waals surface area contributed by atoms with Crippen molar-refractivity contribution in [1.29, 1.82) is 0 Å². The molecule has 1 aliphatic carbocycles. The quantitative estimate of drug-likeness (QED) is 0.795. The summed E-state index contributed by atoms with van der Waals surface area (Å²) in [5.74, 6) is 0.913. The summed E-state index contributed by atoms with van der Waals surface area (Å²) in [6, 6.07) is 0.480. The molecule has 0 aliphatic heterocycles. The van der Waals surface area contributed by atoms with Crippen LogP contribution >= 0.6 is 0 Å². The Morgan fingerprint density at radius 3 is 2.62 bits per heavy atom. The second kappa shape index (κ2) is 6.24. The largest absolute Gasteiger partial charge is 0.345 e. The molecule has 0 radical (unpaired) electrons. The molecule has 3 heteroatoms. The number of hydrogen-bond acceptors (Lipinski definition) is 2. The topological polar surface area (TPSA) is 32.3 Å². The molecule has 3 nitrogen and oxygen atoms in total. The van der Waals surface area contributed by atoms with Gasteiger partial charge in [0, 0.05) is 19.6 Å². The highest BCUT2D eigenvalue weighted by Gasteiger charge is 2.25. The van der Waals surface area contributed by atoms with E-state index < -0.39 is 0 Å². The van der Waals surface area contributed by atoms with Crippen LogP contribution in [0.25, 0.3) is 0 Å². The maximum Gasteiger partial charge on any atom is 0.239 e. The molecule has 3 unspecified atom stereocenters. The normalized spacial score (nSPS) is 27.5. The lowest BCUT2D eigenvalue weighted by molar-refractivity contribution is -0.131. The third-order valence-electron chi connectivity index (χ3n) is 3.80. The van der Waals surface area contributed by atoms with Gasteiger partial charge in [0.25, 0.3) is 0 Å². The smallest absolute Gasteiger partial charge is 0.239 e. The Labute approximate surface area is 99.6 Å². The molecule has 16 heavy (non-hydrogen) atoms. The average Bonchev–Trinajstić information content (AvgIpc) is 2.30. The predicted molar refractivity (Wildman–Crippen MR) is 67.3 cm³/mol. The maximum absolute atomic E-state index is 11.9. The van der Waals surface area contributed by atoms with E-state index in [1.807, 2.05) is 20.9 Å². The second-order valence-electron chi connectivity index (χ2n) is 5.11. The molecule has 1 amide bonds. The van der Waals surface area contributed by atoms with Crippen LogP contribution < -0.4 is 5.32 Å². The van der Waals surface area contributed by atoms with Crippen molar-refractivity contribution in [3.8, 4) is 0 Å². The Bertz CT molecular complexity index is 230. The van der Waals surface area contributed by atoms with Gasteiger partial charge in [-0.15, -0.1) is 0 Å². The molecular weight excluding hydrogens is 200 g/mol. The van der Waals surface area contributed by atoms with Gasteiger partial charge in [0.2, 0.25) is 5.91 Å². The van der Waals surface area contributed by atoms with Gasteiger partial charge in [0.15, 0.2) is 0 Å². The molecule has 1 saturated carbocycles. The van der Waals surface area contributed by atoms with E-state index in [-0.39, 0.29) is 11.9 Å². The summed E-state index contributed by atoms with van der Waals surface area (Å²) in [6.07, 6.45) is 5.15. The van der Waals surface area contributed by atoms with Crippen LogP contribution in [-0.2, 0) is 4.79 Å². The zero-order valence-electron chi connectivity index (χ0n) is 11.1. The molecule has 94 valence electrons. The first-order valence-electron chi connectivity index (χ1n) is 6.57. The SMILES string of the molecule is CCN(C)C(=O)C(C)NC1CCCCC1C. The molecule has 3 atom stereocenters. The van der Waals surface area contributed by atoms with E-state index in [0.29, 0.717) is 12.0 Å². The molecule has 1 N–H and O–H groups in total. The maximum atomic E-state index is 11.9. The number of carbonyl (C=O) groups excluding carboxylic acids is 1. The summed E-state index contributed by atoms with van der Waals surface area (Å²) < 4.78 is 0. The van der Waals surface area contributed by atoms with E-state index in [9.17, 15) is 4.79 Å². The van der Waals surface area contributed by atoms with Crippen LogP contribution in [0.2, 0.25) is 0 Å². The number of amides is 1. The number of nitrogens with one attached hydrogen (secondary N) is 1. The zero-order valence-corrected chi connectivity index (χ0v) is 11.1. The molecule has 0 aromatic rings. The minimum absolute atomic E-state index is 0.0458. The lowest BCUT2D eigenvalue weighted by atomic mass is 9.85. The number of nitrogens with zero attached hydrogens (tertiary/aromatic N) is 1. The van der Waals surface area contributed by atoms with Gasteiger partial charge in [-0.25, -0.2) is 0 Å². The molecule has 0 aromatic heterocycles. The van der Waals surface area contributed by atoms with Gasteiger partial charge in [0.1, 0.15) is 0 Å². The lowest BCUT2D eigenvalue weighted by Crippen LogP contribution is -2.49. The van der Waals surface area contributed by atoms with Gasteiger partial charge in [-0.1, -0.05) is 19.8 Å². The van der Waals surface area contributed by atoms with E-state index in [0.717, 1.165) is 6.54 Å². The summed E-state index contributed by atoms with van der Waals surface area (Å²) in [5.41, 5.74) is 0. The predicted octanol–water partition coefficient (Wildman–Crippen LogP) is 2.02. The van der Waals surface area contributed by atoms with Crippen LogP contribution in [0, 0.1) is 5.92 Å². The number of hydrogen-bond donors (Lipinski definition) is 1. The van der Waals surface area contributed by atoms with Crippen molar-refractivity contribution in [3.63, 3.8) is 0 Å². The van der Waals surface area contributed by atoms with E-state index in [1.165, 1.54) is 25.7 Å². The summed E-state index contributed by atoms with van der Waals surface area (Å²) in [7, 11) is 1.87. The first-order chi connectivity index (χ1) is 7.56. The first kappa shape index (κ1) is 13.5. The van der Waals surface area contributed by atoms with E-state index in [4.69, 9.17) is 0 Å². The third kappa shape index (κ3) is 3.48. The van der Waals surface area contributed by atoms with Crippen molar-refractivity contribution in [3.05, 3.63) is 0 Å². The Morgan fingerprint density at radius 1 is 1.44 bits per heavy atom. The second-order valence-corrected chi connectivity index (χ2v) is 5.11. The highest BCUT2D eigenvalue weighted by Crippen LogP contribution is 2.24. The molecule has 1 fully saturated rings. The molecule has 1 rings (SSSR count). The first-order valence-corrected chi connectivity index (χ1v) is 6.57. The molecule has 1 aliphatic rings. The standard InChI is InChI=1S/C13H26N2O/c1-5-15(4)13(16)11(3)14-12-9-7-6-8-10(12)2/h10-12,14H,5-9H2,1-4H3. The van der Waals surface area contributed by atoms with Crippen molar-refractivity contribution in [2.24, 2.45) is 5.92 Å². The van der Waals surface area contributed by atoms with E-state index in [2.05, 4.69) is 12.2 Å². The molecule has 0 spiro atoms. The minimum atomic E-state index is -0.0458. The number of carbonyl (C=O) groups is 1. The van der Waals surface area contributed by atoms with Crippen molar-refractivity contribution in [2.75, 3.05) is 13.6 Å². The van der Waals surface area contributed by atoms with Crippen LogP contribution in [-0.4, -0.2) is 36.5 Å². The van der Waals surface area contributed by atoms with Crippen LogP contribution in [0.1, 0.15) is 46.5 Å². The minimum Gasteiger partial charge on any atom is -0.345 e. The summed E-state index contributed by atoms with van der Waals surface area (Å²) in [6.45, 7) is 7.06. The third-order valence-corrected chi connectivity index (χ3v) is 3.80. The Morgan fingerprint density at radius 2 is 2.06 bits per heavy atom. The Kier molecular flexibility index (Phi) is 5.26. The summed E-state index contributed by atoms with van der Waals surface area (Å²) >= 11 is 0. The molecule has 0 saturated heterocycles. The number of rotatable bonds is 4. The van der Waals surface area contributed by atoms with Gasteiger partial charge in [-0.2, -0.15) is 0 Å². The van der Waals surface area contributed by atoms with Crippen LogP contribution in [0.15, 0.2) is 0 Å². The number of likely N-dealkylation sites (N-methyl/N-ethyl adjacent to an activating group) is 1. The summed E-state index contributed by atoms with van der Waals surface area (Å²) in [5, 5.41) is 3.49. The van der Waals surface area contributed by atoms with Crippen LogP contribution in [0.5, 0.6) is 0 Å². The van der Waals surface area contributed by atoms with E-state index >= 15 is 0 Å². The lowest BCUT2D eigenvalue weighted by Gasteiger charge is -2.32. The van der Waals surface area contributed by atoms with Gasteiger partial charge < -0.3 is 10.2 Å². The zero-order chi connectivity index (χ0) is 12.1. The van der Waals surface area contributed by atoms with Gasteiger partial charge in [-0.3, -0.25) is 4.79 Å². The Hall–Kier alpha value is -0.570. The fourth-order valence-electron chi connectivity index (χ4n) is 2.44. The molecular formula is C13H26N2O. The average molecular weight is 226 g/mol. The highest BCUT2D eigenvalue weighted by molar-refractivity contribution is 5.81. The van der Waals surface area contributed by atoms with Gasteiger partial charge in [0.05, 0.1) is 6.04 Å². The molecule has 0 aromatic carbocycles. The highest BCUT2D eigenvalue weighted by atomic mass is 16.2. The fraction of sp³-hybridized carbons (Fsp3) is 0.923. The molecule has 0 heterocycles. The van der Waals surface area contributed by atoms with Crippen molar-refractivity contribution >= 4 is 5.91 Å². The van der Waals surface area contributed by atoms with Gasteiger partial charge in [-0.05, 0) is 32.6 Å². The van der Waals surface area contributed by atoms with Crippen LogP contribution in [0.4, 0.5) is 0 Å². The van der Waals surface area contributed by atoms with Crippen molar-refractivity contribution < 1.29 is 4.79 Å².